The SMILES string of the molecule is CCOc1ccc(-c2nc(CSc3cccc[n+]3[O-])cs2)cc1OC. The summed E-state index contributed by atoms with van der Waals surface area (Å²) in [6, 6.07) is 11.2. The van der Waals surface area contributed by atoms with E-state index in [4.69, 9.17) is 9.47 Å². The van der Waals surface area contributed by atoms with Crippen molar-refractivity contribution in [1.82, 2.24) is 4.98 Å². The van der Waals surface area contributed by atoms with Gasteiger partial charge in [0, 0.05) is 28.8 Å². The number of methoxy groups -OCH3 is 1. The zero-order chi connectivity index (χ0) is 17.6. The summed E-state index contributed by atoms with van der Waals surface area (Å²) in [5, 5.41) is 15.3. The molecular formula is C18H18N2O3S2. The van der Waals surface area contributed by atoms with Gasteiger partial charge in [-0.2, -0.15) is 4.73 Å². The van der Waals surface area contributed by atoms with E-state index in [1.54, 1.807) is 24.5 Å². The van der Waals surface area contributed by atoms with Crippen LogP contribution in [0.3, 0.4) is 0 Å². The molecule has 3 rings (SSSR count). The highest BCUT2D eigenvalue weighted by Crippen LogP contribution is 2.34. The van der Waals surface area contributed by atoms with E-state index in [1.165, 1.54) is 18.0 Å². The molecule has 0 spiro atoms. The Morgan fingerprint density at radius 1 is 1.24 bits per heavy atom. The molecule has 0 saturated carbocycles. The molecule has 7 heteroatoms. The first-order valence-corrected chi connectivity index (χ1v) is 9.64. The van der Waals surface area contributed by atoms with Crippen molar-refractivity contribution in [2.45, 2.75) is 17.7 Å². The van der Waals surface area contributed by atoms with Gasteiger partial charge in [0.2, 0.25) is 0 Å². The van der Waals surface area contributed by atoms with Crippen molar-refractivity contribution < 1.29 is 14.2 Å². The monoisotopic (exact) mass is 374 g/mol. The van der Waals surface area contributed by atoms with Crippen molar-refractivity contribution in [2.24, 2.45) is 0 Å². The zero-order valence-electron chi connectivity index (χ0n) is 14.0. The summed E-state index contributed by atoms with van der Waals surface area (Å²) in [4.78, 5) is 4.67. The molecule has 1 aromatic carbocycles. The van der Waals surface area contributed by atoms with Crippen LogP contribution in [0.2, 0.25) is 0 Å². The van der Waals surface area contributed by atoms with Gasteiger partial charge in [-0.25, -0.2) is 4.98 Å². The standard InChI is InChI=1S/C18H18N2O3S2/c1-3-23-15-8-7-13(10-16(15)22-2)18-19-14(12-25-18)11-24-17-6-4-5-9-20(17)21/h4-10,12H,3,11H2,1-2H3. The fourth-order valence-electron chi connectivity index (χ4n) is 2.25. The molecular weight excluding hydrogens is 356 g/mol. The van der Waals surface area contributed by atoms with Crippen LogP contribution in [0.4, 0.5) is 0 Å². The second kappa shape index (κ2) is 8.22. The molecule has 2 aromatic heterocycles. The van der Waals surface area contributed by atoms with E-state index in [9.17, 15) is 5.21 Å². The number of hydrogen-bond donors (Lipinski definition) is 0. The topological polar surface area (TPSA) is 58.3 Å². The van der Waals surface area contributed by atoms with Crippen LogP contribution in [0.5, 0.6) is 11.5 Å². The molecule has 0 saturated heterocycles. The van der Waals surface area contributed by atoms with Crippen molar-refractivity contribution in [3.63, 3.8) is 0 Å². The Hall–Kier alpha value is -2.25. The van der Waals surface area contributed by atoms with Crippen LogP contribution in [0.1, 0.15) is 12.6 Å². The minimum absolute atomic E-state index is 0.591. The Labute approximate surface area is 154 Å². The lowest BCUT2D eigenvalue weighted by atomic mass is 10.2. The van der Waals surface area contributed by atoms with E-state index in [0.717, 1.165) is 26.7 Å². The number of pyridine rings is 1. The Kier molecular flexibility index (Phi) is 5.78. The van der Waals surface area contributed by atoms with Gasteiger partial charge in [0.15, 0.2) is 17.7 Å². The smallest absolute Gasteiger partial charge is 0.251 e. The molecule has 130 valence electrons. The van der Waals surface area contributed by atoms with Gasteiger partial charge in [-0.3, -0.25) is 0 Å². The van der Waals surface area contributed by atoms with E-state index in [1.807, 2.05) is 42.6 Å². The van der Waals surface area contributed by atoms with E-state index < -0.39 is 0 Å². The lowest BCUT2D eigenvalue weighted by Gasteiger charge is -2.09. The Morgan fingerprint density at radius 3 is 2.88 bits per heavy atom. The summed E-state index contributed by atoms with van der Waals surface area (Å²) in [7, 11) is 1.63. The predicted molar refractivity (Wildman–Crippen MR) is 100 cm³/mol. The van der Waals surface area contributed by atoms with Gasteiger partial charge in [-0.05, 0) is 43.0 Å². The van der Waals surface area contributed by atoms with Crippen LogP contribution in [0.25, 0.3) is 10.6 Å². The average Bonchev–Trinajstić information content (AvgIpc) is 3.10. The van der Waals surface area contributed by atoms with E-state index in [0.29, 0.717) is 23.1 Å². The summed E-state index contributed by atoms with van der Waals surface area (Å²) in [5.41, 5.74) is 1.93. The van der Waals surface area contributed by atoms with Gasteiger partial charge in [-0.15, -0.1) is 11.3 Å². The van der Waals surface area contributed by atoms with Crippen molar-refractivity contribution in [2.75, 3.05) is 13.7 Å². The Bertz CT molecular complexity index is 852. The van der Waals surface area contributed by atoms with Gasteiger partial charge in [0.05, 0.1) is 19.4 Å². The summed E-state index contributed by atoms with van der Waals surface area (Å²) >= 11 is 3.05. The molecule has 0 bridgehead atoms. The zero-order valence-corrected chi connectivity index (χ0v) is 15.6. The third-order valence-corrected chi connectivity index (χ3v) is 5.41. The summed E-state index contributed by atoms with van der Waals surface area (Å²) in [5.74, 6) is 2.07. The summed E-state index contributed by atoms with van der Waals surface area (Å²) in [6.45, 7) is 2.53. The van der Waals surface area contributed by atoms with Crippen LogP contribution in [0.15, 0.2) is 53.0 Å². The van der Waals surface area contributed by atoms with Crippen LogP contribution in [-0.4, -0.2) is 18.7 Å². The molecule has 0 N–H and O–H groups in total. The average molecular weight is 374 g/mol. The molecule has 0 fully saturated rings. The van der Waals surface area contributed by atoms with Gasteiger partial charge in [0.1, 0.15) is 5.01 Å². The minimum atomic E-state index is 0.591. The van der Waals surface area contributed by atoms with E-state index in [2.05, 4.69) is 4.98 Å². The first-order chi connectivity index (χ1) is 12.2. The molecule has 0 radical (unpaired) electrons. The predicted octanol–water partition coefficient (Wildman–Crippen LogP) is 4.14. The second-order valence-electron chi connectivity index (χ2n) is 5.10. The van der Waals surface area contributed by atoms with Crippen molar-refractivity contribution >= 4 is 23.1 Å². The first-order valence-electron chi connectivity index (χ1n) is 7.78. The minimum Gasteiger partial charge on any atom is -0.618 e. The molecule has 0 aliphatic rings. The normalized spacial score (nSPS) is 10.6. The van der Waals surface area contributed by atoms with Crippen molar-refractivity contribution in [3.05, 3.63) is 58.9 Å². The van der Waals surface area contributed by atoms with E-state index >= 15 is 0 Å². The molecule has 5 nitrogen and oxygen atoms in total. The largest absolute Gasteiger partial charge is 0.618 e. The molecule has 0 atom stereocenters. The van der Waals surface area contributed by atoms with Gasteiger partial charge in [-0.1, -0.05) is 0 Å². The maximum Gasteiger partial charge on any atom is 0.251 e. The van der Waals surface area contributed by atoms with Crippen LogP contribution in [0, 0.1) is 5.21 Å². The lowest BCUT2D eigenvalue weighted by Crippen LogP contribution is -2.27. The number of aromatic nitrogens is 2. The number of ether oxygens (including phenoxy) is 2. The quantitative estimate of drug-likeness (QED) is 0.353. The van der Waals surface area contributed by atoms with E-state index in [-0.39, 0.29) is 0 Å². The molecule has 0 unspecified atom stereocenters. The van der Waals surface area contributed by atoms with Crippen LogP contribution in [-0.2, 0) is 5.75 Å². The first kappa shape index (κ1) is 17.6. The third kappa shape index (κ3) is 4.24. The summed E-state index contributed by atoms with van der Waals surface area (Å²) < 4.78 is 11.8. The van der Waals surface area contributed by atoms with Gasteiger partial charge in [0.25, 0.3) is 5.03 Å². The third-order valence-electron chi connectivity index (χ3n) is 3.42. The molecule has 0 aliphatic heterocycles. The fraction of sp³-hybridized carbons (Fsp3) is 0.222. The maximum atomic E-state index is 11.7. The fourth-order valence-corrected chi connectivity index (χ4v) is 3.98. The van der Waals surface area contributed by atoms with Crippen molar-refractivity contribution in [1.29, 1.82) is 0 Å². The molecule has 0 amide bonds. The molecule has 2 heterocycles. The van der Waals surface area contributed by atoms with Crippen LogP contribution >= 0.6 is 23.1 Å². The maximum absolute atomic E-state index is 11.7. The molecule has 0 aliphatic carbocycles. The number of thioether (sulfide) groups is 1. The van der Waals surface area contributed by atoms with Gasteiger partial charge >= 0.3 is 0 Å². The highest BCUT2D eigenvalue weighted by Gasteiger charge is 2.11. The molecule has 25 heavy (non-hydrogen) atoms. The number of nitrogens with zero attached hydrogens (tertiary/aromatic N) is 2. The van der Waals surface area contributed by atoms with Crippen LogP contribution < -0.4 is 14.2 Å². The second-order valence-corrected chi connectivity index (χ2v) is 6.95. The Morgan fingerprint density at radius 2 is 2.12 bits per heavy atom. The number of rotatable bonds is 7. The lowest BCUT2D eigenvalue weighted by molar-refractivity contribution is -0.645. The highest BCUT2D eigenvalue weighted by molar-refractivity contribution is 7.98. The molecule has 3 aromatic rings. The highest BCUT2D eigenvalue weighted by atomic mass is 32.2. The Balaban J connectivity index is 1.74. The van der Waals surface area contributed by atoms with Gasteiger partial charge < -0.3 is 14.7 Å². The number of benzene rings is 1. The summed E-state index contributed by atoms with van der Waals surface area (Å²) in [6.07, 6.45) is 1.50. The number of hydrogen-bond acceptors (Lipinski definition) is 6. The van der Waals surface area contributed by atoms with Crippen molar-refractivity contribution in [3.8, 4) is 22.1 Å². The number of thiazole rings is 1.